The van der Waals surface area contributed by atoms with Crippen LogP contribution in [0.3, 0.4) is 0 Å². The molecule has 1 aliphatic rings. The van der Waals surface area contributed by atoms with Gasteiger partial charge in [-0.05, 0) is 37.0 Å². The van der Waals surface area contributed by atoms with Gasteiger partial charge in [0.2, 0.25) is 5.91 Å². The highest BCUT2D eigenvalue weighted by Crippen LogP contribution is 2.27. The molecule has 0 spiro atoms. The fourth-order valence-corrected chi connectivity index (χ4v) is 3.54. The Hall–Kier alpha value is -2.74. The highest BCUT2D eigenvalue weighted by molar-refractivity contribution is 6.30. The summed E-state index contributed by atoms with van der Waals surface area (Å²) in [5, 5.41) is 7.91. The zero-order valence-corrected chi connectivity index (χ0v) is 16.2. The molecule has 9 heteroatoms. The molecule has 1 N–H and O–H groups in total. The van der Waals surface area contributed by atoms with Gasteiger partial charge in [-0.1, -0.05) is 18.5 Å². The van der Waals surface area contributed by atoms with Gasteiger partial charge >= 0.3 is 0 Å². The predicted octanol–water partition coefficient (Wildman–Crippen LogP) is 3.49. The number of nitrogens with one attached hydrogen (secondary N) is 1. The summed E-state index contributed by atoms with van der Waals surface area (Å²) in [6.07, 6.45) is 5.41. The topological polar surface area (TPSA) is 75.9 Å². The molecule has 0 aliphatic carbocycles. The van der Waals surface area contributed by atoms with Gasteiger partial charge in [0.05, 0.1) is 17.3 Å². The Morgan fingerprint density at radius 2 is 2.11 bits per heavy atom. The Morgan fingerprint density at radius 3 is 2.86 bits per heavy atom. The van der Waals surface area contributed by atoms with Crippen molar-refractivity contribution in [1.29, 1.82) is 0 Å². The molecular weight excluding hydrogens is 383 g/mol. The molecule has 1 aliphatic heterocycles. The zero-order valence-electron chi connectivity index (χ0n) is 15.4. The van der Waals surface area contributed by atoms with Crippen molar-refractivity contribution in [3.05, 3.63) is 41.6 Å². The number of nitrogens with zero attached hydrogens (tertiary/aromatic N) is 5. The minimum Gasteiger partial charge on any atom is -0.356 e. The van der Waals surface area contributed by atoms with Gasteiger partial charge in [-0.25, -0.2) is 19.0 Å². The summed E-state index contributed by atoms with van der Waals surface area (Å²) < 4.78 is 15.4. The maximum absolute atomic E-state index is 13.9. The van der Waals surface area contributed by atoms with E-state index < -0.39 is 11.7 Å². The van der Waals surface area contributed by atoms with Crippen molar-refractivity contribution < 1.29 is 9.18 Å². The fourth-order valence-electron chi connectivity index (χ4n) is 3.39. The van der Waals surface area contributed by atoms with Crippen molar-refractivity contribution in [2.45, 2.75) is 26.3 Å². The van der Waals surface area contributed by atoms with Crippen LogP contribution in [0, 0.1) is 11.7 Å². The molecule has 28 heavy (non-hydrogen) atoms. The monoisotopic (exact) mass is 402 g/mol. The molecule has 0 bridgehead atoms. The lowest BCUT2D eigenvalue weighted by Crippen LogP contribution is -2.33. The molecule has 146 valence electrons. The molecule has 2 aromatic heterocycles. The predicted molar refractivity (Wildman–Crippen MR) is 106 cm³/mol. The Kier molecular flexibility index (Phi) is 5.13. The first-order chi connectivity index (χ1) is 13.5. The Bertz CT molecular complexity index is 1010. The summed E-state index contributed by atoms with van der Waals surface area (Å²) in [5.74, 6) is 0.564. The summed E-state index contributed by atoms with van der Waals surface area (Å²) in [6, 6.07) is 4.09. The van der Waals surface area contributed by atoms with Gasteiger partial charge in [-0.3, -0.25) is 4.79 Å². The van der Waals surface area contributed by atoms with Crippen LogP contribution in [-0.2, 0) is 11.3 Å². The van der Waals surface area contributed by atoms with Gasteiger partial charge in [-0.15, -0.1) is 0 Å². The molecular formula is C19H20ClFN6O. The van der Waals surface area contributed by atoms with E-state index in [-0.39, 0.29) is 17.3 Å². The van der Waals surface area contributed by atoms with Crippen LogP contribution in [0.2, 0.25) is 5.02 Å². The average Bonchev–Trinajstić information content (AvgIpc) is 3.08. The number of fused-ring (bicyclic) bond motifs is 1. The molecule has 1 fully saturated rings. The number of hydrogen-bond donors (Lipinski definition) is 1. The van der Waals surface area contributed by atoms with Gasteiger partial charge in [0.25, 0.3) is 0 Å². The molecule has 1 aromatic carbocycles. The Balaban J connectivity index is 1.53. The Morgan fingerprint density at radius 1 is 1.32 bits per heavy atom. The van der Waals surface area contributed by atoms with Crippen LogP contribution in [0.1, 0.15) is 19.8 Å². The molecule has 0 unspecified atom stereocenters. The molecule has 4 rings (SSSR count). The second kappa shape index (κ2) is 7.71. The number of aromatic nitrogens is 4. The number of amides is 1. The molecule has 3 heterocycles. The zero-order chi connectivity index (χ0) is 19.7. The average molecular weight is 403 g/mol. The number of carbonyl (C=O) groups is 1. The Labute approximate surface area is 166 Å². The van der Waals surface area contributed by atoms with E-state index in [1.54, 1.807) is 6.20 Å². The lowest BCUT2D eigenvalue weighted by molar-refractivity contribution is -0.116. The number of hydrogen-bond acceptors (Lipinski definition) is 5. The first-order valence-corrected chi connectivity index (χ1v) is 9.55. The van der Waals surface area contributed by atoms with Gasteiger partial charge in [0.1, 0.15) is 24.5 Å². The van der Waals surface area contributed by atoms with Crippen molar-refractivity contribution >= 4 is 40.0 Å². The van der Waals surface area contributed by atoms with Crippen molar-refractivity contribution in [2.75, 3.05) is 23.3 Å². The van der Waals surface area contributed by atoms with Crippen molar-refractivity contribution in [3.8, 4) is 0 Å². The summed E-state index contributed by atoms with van der Waals surface area (Å²) in [7, 11) is 0. The molecule has 0 atom stereocenters. The number of rotatable bonds is 4. The highest BCUT2D eigenvalue weighted by Gasteiger charge is 2.21. The van der Waals surface area contributed by atoms with E-state index in [0.717, 1.165) is 43.2 Å². The van der Waals surface area contributed by atoms with Crippen LogP contribution in [0.15, 0.2) is 30.7 Å². The summed E-state index contributed by atoms with van der Waals surface area (Å²) >= 11 is 5.74. The van der Waals surface area contributed by atoms with E-state index in [9.17, 15) is 9.18 Å². The molecule has 1 amide bonds. The third-order valence-corrected chi connectivity index (χ3v) is 5.23. The van der Waals surface area contributed by atoms with Crippen LogP contribution in [0.4, 0.5) is 15.9 Å². The van der Waals surface area contributed by atoms with E-state index in [4.69, 9.17) is 11.6 Å². The lowest BCUT2D eigenvalue weighted by atomic mass is 9.99. The second-order valence-corrected chi connectivity index (χ2v) is 7.52. The standard InChI is InChI=1S/C19H20ClFN6O/c1-12-4-6-26(7-5-12)18-14-9-24-27(19(14)23-11-22-18)10-17(28)25-16-3-2-13(20)8-15(16)21/h2-3,8-9,11-12H,4-7,10H2,1H3,(H,25,28). The van der Waals surface area contributed by atoms with Crippen molar-refractivity contribution in [2.24, 2.45) is 5.92 Å². The van der Waals surface area contributed by atoms with Crippen LogP contribution in [0.5, 0.6) is 0 Å². The van der Waals surface area contributed by atoms with Gasteiger partial charge < -0.3 is 10.2 Å². The molecule has 0 saturated carbocycles. The second-order valence-electron chi connectivity index (χ2n) is 7.08. The lowest BCUT2D eigenvalue weighted by Gasteiger charge is -2.31. The highest BCUT2D eigenvalue weighted by atomic mass is 35.5. The van der Waals surface area contributed by atoms with E-state index in [2.05, 4.69) is 32.2 Å². The van der Waals surface area contributed by atoms with Gasteiger partial charge in [0.15, 0.2) is 5.65 Å². The summed E-state index contributed by atoms with van der Waals surface area (Å²) in [5.41, 5.74) is 0.652. The van der Waals surface area contributed by atoms with Gasteiger partial charge in [0, 0.05) is 18.1 Å². The number of benzene rings is 1. The van der Waals surface area contributed by atoms with Crippen LogP contribution in [0.25, 0.3) is 11.0 Å². The van der Waals surface area contributed by atoms with Crippen LogP contribution >= 0.6 is 11.6 Å². The van der Waals surface area contributed by atoms with Crippen molar-refractivity contribution in [1.82, 2.24) is 19.7 Å². The van der Waals surface area contributed by atoms with E-state index in [1.165, 1.54) is 23.1 Å². The summed E-state index contributed by atoms with van der Waals surface area (Å²) in [6.45, 7) is 4.05. The third-order valence-electron chi connectivity index (χ3n) is 4.99. The number of carbonyl (C=O) groups excluding carboxylic acids is 1. The summed E-state index contributed by atoms with van der Waals surface area (Å²) in [4.78, 5) is 23.3. The maximum Gasteiger partial charge on any atom is 0.246 e. The van der Waals surface area contributed by atoms with Crippen molar-refractivity contribution in [3.63, 3.8) is 0 Å². The van der Waals surface area contributed by atoms with Crippen LogP contribution in [-0.4, -0.2) is 38.7 Å². The smallest absolute Gasteiger partial charge is 0.246 e. The van der Waals surface area contributed by atoms with Crippen LogP contribution < -0.4 is 10.2 Å². The molecule has 3 aromatic rings. The molecule has 7 nitrogen and oxygen atoms in total. The molecule has 0 radical (unpaired) electrons. The fraction of sp³-hybridized carbons (Fsp3) is 0.368. The molecule has 1 saturated heterocycles. The van der Waals surface area contributed by atoms with E-state index in [1.807, 2.05) is 0 Å². The SMILES string of the molecule is CC1CCN(c2ncnc3c2cnn3CC(=O)Nc2ccc(Cl)cc2F)CC1. The largest absolute Gasteiger partial charge is 0.356 e. The minimum absolute atomic E-state index is 0.0728. The van der Waals surface area contributed by atoms with Gasteiger partial charge in [-0.2, -0.15) is 5.10 Å². The third kappa shape index (κ3) is 3.77. The normalized spacial score (nSPS) is 15.2. The number of halogens is 2. The first-order valence-electron chi connectivity index (χ1n) is 9.17. The van der Waals surface area contributed by atoms with E-state index >= 15 is 0 Å². The number of anilines is 2. The quantitative estimate of drug-likeness (QED) is 0.722. The maximum atomic E-state index is 13.9. The number of piperidine rings is 1. The first kappa shape index (κ1) is 18.6. The van der Waals surface area contributed by atoms with E-state index in [0.29, 0.717) is 11.6 Å². The minimum atomic E-state index is -0.588.